The molecule has 2 aromatic rings. The summed E-state index contributed by atoms with van der Waals surface area (Å²) in [5, 5.41) is 0. The first-order valence-electron chi connectivity index (χ1n) is 7.81. The molecule has 22 heavy (non-hydrogen) atoms. The predicted octanol–water partition coefficient (Wildman–Crippen LogP) is 0.768. The van der Waals surface area contributed by atoms with Crippen LogP contribution in [0.25, 0.3) is 0 Å². The van der Waals surface area contributed by atoms with Crippen LogP contribution in [0.5, 0.6) is 0 Å². The minimum Gasteiger partial charge on any atom is -0.211 e. The molecule has 0 spiro atoms. The van der Waals surface area contributed by atoms with Crippen LogP contribution in [0.4, 0.5) is 0 Å². The molecule has 0 amide bonds. The summed E-state index contributed by atoms with van der Waals surface area (Å²) >= 11 is 0. The number of hydrogen-bond acceptors (Lipinski definition) is 0. The van der Waals surface area contributed by atoms with Crippen molar-refractivity contribution in [3.63, 3.8) is 0 Å². The van der Waals surface area contributed by atoms with Crippen molar-refractivity contribution >= 4 is 40.2 Å². The molecule has 0 nitrogen and oxygen atoms in total. The molecule has 0 fully saturated rings. The van der Waals surface area contributed by atoms with E-state index in [-0.39, 0.29) is 25.8 Å². The van der Waals surface area contributed by atoms with Gasteiger partial charge in [0.1, 0.15) is 0 Å². The van der Waals surface area contributed by atoms with E-state index in [0.717, 1.165) is 13.8 Å². The van der Waals surface area contributed by atoms with Crippen LogP contribution in [0.3, 0.4) is 0 Å². The minimum absolute atomic E-state index is 0. The molecule has 0 atom stereocenters. The quantitative estimate of drug-likeness (QED) is 0.379. The fourth-order valence-electron chi connectivity index (χ4n) is 2.01. The van der Waals surface area contributed by atoms with Gasteiger partial charge in [0, 0.05) is 35.4 Å². The van der Waals surface area contributed by atoms with Crippen LogP contribution in [0.2, 0.25) is 13.1 Å². The Morgan fingerprint density at radius 1 is 1.14 bits per heavy atom. The molecule has 0 heterocycles. The molecular weight excluding hydrogens is 495 g/mol. The zero-order valence-electron chi connectivity index (χ0n) is 16.0. The van der Waals surface area contributed by atoms with Crippen LogP contribution in [-0.2, 0) is 30.1 Å². The maximum absolute atomic E-state index is 2.27. The molecule has 2 rings (SSSR count). The van der Waals surface area contributed by atoms with Gasteiger partial charge in [-0.1, -0.05) is 45.1 Å². The van der Waals surface area contributed by atoms with Gasteiger partial charge in [-0.25, -0.2) is 11.6 Å². The third-order valence-electron chi connectivity index (χ3n) is 3.71. The number of aryl methyl sites for hydroxylation is 2. The van der Waals surface area contributed by atoms with Gasteiger partial charge in [-0.3, -0.25) is 0 Å². The van der Waals surface area contributed by atoms with Crippen LogP contribution in [0.15, 0.2) is 30.3 Å². The molecule has 123 valence electrons. The molecule has 5 heteroatoms. The topological polar surface area (TPSA) is 0 Å². The molecule has 0 N–H and O–H groups in total. The Hall–Kier alpha value is 0.438. The maximum Gasteiger partial charge on any atom is 0.0213 e. The van der Waals surface area contributed by atoms with E-state index >= 15 is 0 Å². The van der Waals surface area contributed by atoms with Crippen molar-refractivity contribution < 1.29 is 25.8 Å². The van der Waals surface area contributed by atoms with E-state index in [1.165, 1.54) is 53.0 Å². The van der Waals surface area contributed by atoms with Crippen molar-refractivity contribution in [2.24, 2.45) is 0 Å². The fourth-order valence-corrected chi connectivity index (χ4v) is 3.01. The molecule has 0 bridgehead atoms. The van der Waals surface area contributed by atoms with Crippen molar-refractivity contribution in [3.05, 3.63) is 58.1 Å². The summed E-state index contributed by atoms with van der Waals surface area (Å²) in [6.45, 7) is 13.1. The van der Waals surface area contributed by atoms with Crippen LogP contribution < -0.4 is 0 Å². The van der Waals surface area contributed by atoms with Crippen LogP contribution in [-0.4, -0.2) is 40.2 Å². The largest absolute Gasteiger partial charge is 0.211 e. The molecule has 0 aromatic heterocycles. The molecule has 0 aliphatic carbocycles. The van der Waals surface area contributed by atoms with E-state index in [2.05, 4.69) is 71.1 Å². The monoisotopic (exact) mass is 529 g/mol. The summed E-state index contributed by atoms with van der Waals surface area (Å²) in [6, 6.07) is 11.1. The van der Waals surface area contributed by atoms with E-state index in [1.54, 1.807) is 5.56 Å². The summed E-state index contributed by atoms with van der Waals surface area (Å²) in [5.74, 6) is 0. The van der Waals surface area contributed by atoms with Gasteiger partial charge < -0.3 is 0 Å². The standard InChI is InChI=1S/C9H13.C6H13Si3.C2H7Si.Hf/c1-6-5-7(2)9(4)8(6)3;7-6(8,9)5-3-1-2-4-5;1-3-2;/h5H,1-4H3;1-4H,7-9H3;3H,1-2H3;/q2*-1;;. The van der Waals surface area contributed by atoms with Crippen molar-refractivity contribution in [2.45, 2.75) is 45.1 Å². The first kappa shape index (κ1) is 24.7. The Kier molecular flexibility index (Phi) is 13.3. The van der Waals surface area contributed by atoms with Gasteiger partial charge in [0.15, 0.2) is 0 Å². The van der Waals surface area contributed by atoms with E-state index < -0.39 is 0 Å². The third-order valence-corrected chi connectivity index (χ3v) is 5.44. The molecule has 0 unspecified atom stereocenters. The fraction of sp³-hybridized carbons (Fsp3) is 0.412. The van der Waals surface area contributed by atoms with Crippen LogP contribution in [0.1, 0.15) is 27.8 Å². The van der Waals surface area contributed by atoms with Gasteiger partial charge in [0.05, 0.1) is 0 Å². The Morgan fingerprint density at radius 3 is 1.77 bits per heavy atom. The van der Waals surface area contributed by atoms with Crippen molar-refractivity contribution in [1.29, 1.82) is 0 Å². The second kappa shape index (κ2) is 11.9. The molecule has 0 saturated carbocycles. The van der Waals surface area contributed by atoms with Gasteiger partial charge >= 0.3 is 0 Å². The van der Waals surface area contributed by atoms with Crippen LogP contribution in [0, 0.1) is 27.7 Å². The third kappa shape index (κ3) is 8.91. The second-order valence-electron chi connectivity index (χ2n) is 6.76. The molecular formula is C17H33HfSi4-2. The zero-order chi connectivity index (χ0) is 16.6. The van der Waals surface area contributed by atoms with Gasteiger partial charge in [0.25, 0.3) is 0 Å². The molecule has 2 aromatic carbocycles. The summed E-state index contributed by atoms with van der Waals surface area (Å²) < 4.78 is 0.740. The number of rotatable bonds is 1. The summed E-state index contributed by atoms with van der Waals surface area (Å²) in [6.07, 6.45) is 0. The van der Waals surface area contributed by atoms with Gasteiger partial charge in [0.2, 0.25) is 0 Å². The van der Waals surface area contributed by atoms with Crippen LogP contribution >= 0.6 is 0 Å². The molecule has 1 radical (unpaired) electrons. The average Bonchev–Trinajstić information content (AvgIpc) is 2.98. The summed E-state index contributed by atoms with van der Waals surface area (Å²) in [7, 11) is 4.81. The normalized spacial score (nSPS) is 12.5. The summed E-state index contributed by atoms with van der Waals surface area (Å²) in [5.41, 5.74) is 7.35. The van der Waals surface area contributed by atoms with Gasteiger partial charge in [-0.2, -0.15) is 46.5 Å². The van der Waals surface area contributed by atoms with E-state index in [1.807, 2.05) is 0 Å². The molecule has 0 saturated heterocycles. The van der Waals surface area contributed by atoms with Gasteiger partial charge in [-0.05, 0) is 30.7 Å². The van der Waals surface area contributed by atoms with E-state index in [9.17, 15) is 0 Å². The SMILES string of the molecule is C[SiH]C.Cc1c[c-](C)c(C)c1C.[Hf].[SiH3]C([SiH3])([SiH3])c1cc[cH-]c1. The first-order chi connectivity index (χ1) is 9.65. The Bertz CT molecular complexity index is 485. The van der Waals surface area contributed by atoms with Gasteiger partial charge in [-0.15, -0.1) is 0 Å². The van der Waals surface area contributed by atoms with E-state index in [0.29, 0.717) is 0 Å². The maximum atomic E-state index is 2.27. The van der Waals surface area contributed by atoms with Crippen molar-refractivity contribution in [1.82, 2.24) is 0 Å². The Balaban J connectivity index is 0. The summed E-state index contributed by atoms with van der Waals surface area (Å²) in [4.78, 5) is 0. The first-order valence-corrected chi connectivity index (χ1v) is 13.1. The zero-order valence-corrected chi connectivity index (χ0v) is 26.7. The Morgan fingerprint density at radius 2 is 1.64 bits per heavy atom. The second-order valence-corrected chi connectivity index (χ2v) is 21.4. The van der Waals surface area contributed by atoms with Crippen molar-refractivity contribution in [2.75, 3.05) is 0 Å². The number of hydrogen-bond donors (Lipinski definition) is 0. The molecule has 0 aliphatic heterocycles. The van der Waals surface area contributed by atoms with E-state index in [4.69, 9.17) is 0 Å². The average molecular weight is 528 g/mol. The predicted molar refractivity (Wildman–Crippen MR) is 113 cm³/mol. The minimum atomic E-state index is 0. The smallest absolute Gasteiger partial charge is 0.0213 e. The Labute approximate surface area is 168 Å². The molecule has 0 aliphatic rings. The van der Waals surface area contributed by atoms with Crippen molar-refractivity contribution in [3.8, 4) is 0 Å².